The molecule has 0 fully saturated rings. The number of hydrogen-bond donors (Lipinski definition) is 0. The van der Waals surface area contributed by atoms with E-state index in [2.05, 4.69) is 0 Å². The maximum absolute atomic E-state index is 12.4. The molecule has 2 aromatic rings. The molecular weight excluding hydrogens is 262 g/mol. The van der Waals surface area contributed by atoms with Crippen molar-refractivity contribution in [3.05, 3.63) is 59.5 Å². The third-order valence-corrected chi connectivity index (χ3v) is 3.08. The van der Waals surface area contributed by atoms with Crippen LogP contribution in [0.3, 0.4) is 0 Å². The van der Waals surface area contributed by atoms with Gasteiger partial charge >= 0.3 is 0 Å². The lowest BCUT2D eigenvalue weighted by Crippen LogP contribution is -2.32. The van der Waals surface area contributed by atoms with Crippen LogP contribution in [0.2, 0.25) is 0 Å². The normalized spacial score (nSPS) is 10.4. The number of carbonyl (C=O) groups is 1. The smallest absolute Gasteiger partial charge is 0.290 e. The number of benzene rings is 1. The summed E-state index contributed by atoms with van der Waals surface area (Å²) in [6.07, 6.45) is 1.53. The minimum Gasteiger partial charge on any atom is -0.459 e. The first kappa shape index (κ1) is 13.7. The standard InChI is InChI=1S/C15H16ClNO2/c1-12-7-10-19-14(12)15(18)17(9-8-16)11-13-5-3-2-4-6-13/h2-7,10H,8-9,11H2,1H3. The van der Waals surface area contributed by atoms with Crippen LogP contribution in [-0.4, -0.2) is 23.2 Å². The zero-order chi connectivity index (χ0) is 13.7. The van der Waals surface area contributed by atoms with E-state index in [1.807, 2.05) is 37.3 Å². The highest BCUT2D eigenvalue weighted by atomic mass is 35.5. The summed E-state index contributed by atoms with van der Waals surface area (Å²) < 4.78 is 5.26. The number of rotatable bonds is 5. The monoisotopic (exact) mass is 277 g/mol. The Kier molecular flexibility index (Phi) is 4.63. The molecule has 0 unspecified atom stereocenters. The predicted octanol–water partition coefficient (Wildman–Crippen LogP) is 3.47. The van der Waals surface area contributed by atoms with Crippen molar-refractivity contribution in [2.45, 2.75) is 13.5 Å². The molecule has 0 spiro atoms. The Labute approximate surface area is 117 Å². The van der Waals surface area contributed by atoms with Crippen molar-refractivity contribution in [3.8, 4) is 0 Å². The van der Waals surface area contributed by atoms with Crippen LogP contribution in [0.15, 0.2) is 47.1 Å². The molecule has 3 nitrogen and oxygen atoms in total. The highest BCUT2D eigenvalue weighted by Gasteiger charge is 2.20. The Morgan fingerprint density at radius 3 is 2.58 bits per heavy atom. The van der Waals surface area contributed by atoms with Gasteiger partial charge in [-0.2, -0.15) is 0 Å². The van der Waals surface area contributed by atoms with Gasteiger partial charge in [-0.25, -0.2) is 0 Å². The van der Waals surface area contributed by atoms with Crippen LogP contribution in [0.25, 0.3) is 0 Å². The maximum atomic E-state index is 12.4. The molecule has 100 valence electrons. The fourth-order valence-corrected chi connectivity index (χ4v) is 2.10. The van der Waals surface area contributed by atoms with Crippen molar-refractivity contribution in [2.75, 3.05) is 12.4 Å². The quantitative estimate of drug-likeness (QED) is 0.784. The van der Waals surface area contributed by atoms with E-state index >= 15 is 0 Å². The number of amides is 1. The van der Waals surface area contributed by atoms with Gasteiger partial charge in [0.2, 0.25) is 0 Å². The van der Waals surface area contributed by atoms with E-state index in [0.717, 1.165) is 11.1 Å². The van der Waals surface area contributed by atoms with Crippen molar-refractivity contribution in [2.24, 2.45) is 0 Å². The Hall–Kier alpha value is -1.74. The van der Waals surface area contributed by atoms with Crippen molar-refractivity contribution in [1.82, 2.24) is 4.90 Å². The van der Waals surface area contributed by atoms with Crippen LogP contribution >= 0.6 is 11.6 Å². The van der Waals surface area contributed by atoms with E-state index in [1.54, 1.807) is 11.0 Å². The van der Waals surface area contributed by atoms with Gasteiger partial charge in [0.1, 0.15) is 0 Å². The molecule has 0 atom stereocenters. The lowest BCUT2D eigenvalue weighted by atomic mass is 10.2. The fourth-order valence-electron chi connectivity index (χ4n) is 1.89. The van der Waals surface area contributed by atoms with Gasteiger partial charge in [0.25, 0.3) is 5.91 Å². The molecule has 4 heteroatoms. The average molecular weight is 278 g/mol. The molecule has 1 amide bonds. The summed E-state index contributed by atoms with van der Waals surface area (Å²) in [5.74, 6) is 0.672. The summed E-state index contributed by atoms with van der Waals surface area (Å²) >= 11 is 5.78. The third kappa shape index (κ3) is 3.38. The molecule has 2 rings (SSSR count). The molecule has 0 aliphatic carbocycles. The molecule has 1 heterocycles. The summed E-state index contributed by atoms with van der Waals surface area (Å²) in [6, 6.07) is 11.6. The Balaban J connectivity index is 2.16. The minimum atomic E-state index is -0.119. The molecule has 0 radical (unpaired) electrons. The van der Waals surface area contributed by atoms with Gasteiger partial charge in [-0.05, 0) is 18.6 Å². The molecule has 0 bridgehead atoms. The van der Waals surface area contributed by atoms with E-state index < -0.39 is 0 Å². The zero-order valence-electron chi connectivity index (χ0n) is 10.8. The molecule has 0 aliphatic heterocycles. The first-order chi connectivity index (χ1) is 9.22. The van der Waals surface area contributed by atoms with E-state index in [1.165, 1.54) is 6.26 Å². The second kappa shape index (κ2) is 6.43. The number of aryl methyl sites for hydroxylation is 1. The molecule has 0 aliphatic rings. The summed E-state index contributed by atoms with van der Waals surface area (Å²) in [6.45, 7) is 2.89. The lowest BCUT2D eigenvalue weighted by molar-refractivity contribution is 0.0720. The largest absolute Gasteiger partial charge is 0.459 e. The number of furan rings is 1. The number of nitrogens with zero attached hydrogens (tertiary/aromatic N) is 1. The van der Waals surface area contributed by atoms with Crippen molar-refractivity contribution < 1.29 is 9.21 Å². The van der Waals surface area contributed by atoms with Gasteiger partial charge in [-0.1, -0.05) is 30.3 Å². The fraction of sp³-hybridized carbons (Fsp3) is 0.267. The number of carbonyl (C=O) groups excluding carboxylic acids is 1. The van der Waals surface area contributed by atoms with Gasteiger partial charge in [0.05, 0.1) is 6.26 Å². The molecule has 1 aromatic heterocycles. The van der Waals surface area contributed by atoms with Gasteiger partial charge in [-0.15, -0.1) is 11.6 Å². The van der Waals surface area contributed by atoms with Crippen molar-refractivity contribution in [3.63, 3.8) is 0 Å². The van der Waals surface area contributed by atoms with E-state index in [9.17, 15) is 4.79 Å². The Bertz CT molecular complexity index is 536. The van der Waals surface area contributed by atoms with E-state index in [0.29, 0.717) is 24.7 Å². The van der Waals surface area contributed by atoms with Crippen LogP contribution < -0.4 is 0 Å². The summed E-state index contributed by atoms with van der Waals surface area (Å²) in [5, 5.41) is 0. The number of hydrogen-bond acceptors (Lipinski definition) is 2. The second-order valence-electron chi connectivity index (χ2n) is 4.33. The summed E-state index contributed by atoms with van der Waals surface area (Å²) in [4.78, 5) is 14.1. The maximum Gasteiger partial charge on any atom is 0.290 e. The second-order valence-corrected chi connectivity index (χ2v) is 4.71. The zero-order valence-corrected chi connectivity index (χ0v) is 11.6. The highest BCUT2D eigenvalue weighted by Crippen LogP contribution is 2.14. The van der Waals surface area contributed by atoms with Gasteiger partial charge in [0, 0.05) is 24.5 Å². The van der Waals surface area contributed by atoms with Crippen LogP contribution in [0.4, 0.5) is 0 Å². The van der Waals surface area contributed by atoms with Crippen LogP contribution in [-0.2, 0) is 6.54 Å². The van der Waals surface area contributed by atoms with Crippen LogP contribution in [0.1, 0.15) is 21.7 Å². The lowest BCUT2D eigenvalue weighted by Gasteiger charge is -2.21. The Morgan fingerprint density at radius 1 is 1.26 bits per heavy atom. The molecular formula is C15H16ClNO2. The first-order valence-corrected chi connectivity index (χ1v) is 6.69. The van der Waals surface area contributed by atoms with Gasteiger partial charge < -0.3 is 9.32 Å². The molecule has 0 N–H and O–H groups in total. The number of alkyl halides is 1. The van der Waals surface area contributed by atoms with Crippen molar-refractivity contribution >= 4 is 17.5 Å². The molecule has 0 saturated heterocycles. The minimum absolute atomic E-state index is 0.119. The SMILES string of the molecule is Cc1ccoc1C(=O)N(CCCl)Cc1ccccc1. The average Bonchev–Trinajstić information content (AvgIpc) is 2.85. The molecule has 0 saturated carbocycles. The molecule has 19 heavy (non-hydrogen) atoms. The number of halogens is 1. The third-order valence-electron chi connectivity index (χ3n) is 2.91. The topological polar surface area (TPSA) is 33.5 Å². The van der Waals surface area contributed by atoms with E-state index in [-0.39, 0.29) is 5.91 Å². The Morgan fingerprint density at radius 2 is 2.00 bits per heavy atom. The first-order valence-electron chi connectivity index (χ1n) is 6.15. The van der Waals surface area contributed by atoms with Gasteiger partial charge in [-0.3, -0.25) is 4.79 Å². The summed E-state index contributed by atoms with van der Waals surface area (Å²) in [7, 11) is 0. The van der Waals surface area contributed by atoms with Crippen LogP contribution in [0.5, 0.6) is 0 Å². The summed E-state index contributed by atoms with van der Waals surface area (Å²) in [5.41, 5.74) is 1.92. The predicted molar refractivity (Wildman–Crippen MR) is 75.3 cm³/mol. The van der Waals surface area contributed by atoms with Crippen LogP contribution in [0, 0.1) is 6.92 Å². The van der Waals surface area contributed by atoms with Crippen molar-refractivity contribution in [1.29, 1.82) is 0 Å². The molecule has 1 aromatic carbocycles. The van der Waals surface area contributed by atoms with E-state index in [4.69, 9.17) is 16.0 Å². The highest BCUT2D eigenvalue weighted by molar-refractivity contribution is 6.18. The van der Waals surface area contributed by atoms with Gasteiger partial charge in [0.15, 0.2) is 5.76 Å².